The third-order valence-corrected chi connectivity index (χ3v) is 5.80. The first-order valence-corrected chi connectivity index (χ1v) is 9.70. The predicted molar refractivity (Wildman–Crippen MR) is 104 cm³/mol. The number of likely N-dealkylation sites (N-methyl/N-ethyl adjacent to an activating group) is 1. The highest BCUT2D eigenvalue weighted by Gasteiger charge is 2.23. The van der Waals surface area contributed by atoms with E-state index in [0.717, 1.165) is 55.4 Å². The average molecular weight is 364 g/mol. The van der Waals surface area contributed by atoms with Crippen molar-refractivity contribution in [3.05, 3.63) is 35.5 Å². The Morgan fingerprint density at radius 3 is 2.96 bits per heavy atom. The molecule has 0 bridgehead atoms. The maximum absolute atomic E-state index is 10.8. The van der Waals surface area contributed by atoms with Crippen molar-refractivity contribution in [2.45, 2.75) is 38.1 Å². The van der Waals surface area contributed by atoms with Crippen LogP contribution in [0.2, 0.25) is 0 Å². The van der Waals surface area contributed by atoms with Gasteiger partial charge in [-0.2, -0.15) is 9.61 Å². The van der Waals surface area contributed by atoms with Crippen molar-refractivity contribution >= 4 is 11.5 Å². The summed E-state index contributed by atoms with van der Waals surface area (Å²) < 4.78 is 1.80. The topological polar surface area (TPSA) is 78.6 Å². The molecule has 3 aromatic rings. The Kier molecular flexibility index (Phi) is 3.97. The number of phenols is 1. The molecule has 0 radical (unpaired) electrons. The van der Waals surface area contributed by atoms with Gasteiger partial charge in [0.1, 0.15) is 11.4 Å². The van der Waals surface area contributed by atoms with Crippen molar-refractivity contribution in [2.24, 2.45) is 0 Å². The van der Waals surface area contributed by atoms with Crippen molar-refractivity contribution in [2.75, 3.05) is 25.5 Å². The Bertz CT molecular complexity index is 998. The molecule has 0 amide bonds. The number of likely N-dealkylation sites (tertiary alicyclic amines) is 1. The number of phenolic OH excluding ortho intramolecular Hbond substituents is 1. The first-order chi connectivity index (χ1) is 13.2. The van der Waals surface area contributed by atoms with Gasteiger partial charge in [-0.05, 0) is 69.0 Å². The Morgan fingerprint density at radius 1 is 1.15 bits per heavy atom. The zero-order chi connectivity index (χ0) is 18.4. The standard InChI is InChI=1S/C20H24N6O/c1-25-11-3-5-14(12-25)22-20-24-23-18(17-9-10-21-26(17)20)16-8-7-13-4-2-6-15(13)19(16)27/h7-10,14,27H,2-6,11-12H2,1H3,(H,22,24)/t14-/m1/s1. The molecule has 2 N–H and O–H groups in total. The van der Waals surface area contributed by atoms with Gasteiger partial charge in [-0.1, -0.05) is 6.07 Å². The number of benzene rings is 1. The molecule has 1 aliphatic carbocycles. The molecule has 5 rings (SSSR count). The average Bonchev–Trinajstić information content (AvgIpc) is 3.32. The zero-order valence-corrected chi connectivity index (χ0v) is 15.5. The van der Waals surface area contributed by atoms with E-state index in [0.29, 0.717) is 23.4 Å². The smallest absolute Gasteiger partial charge is 0.244 e. The quantitative estimate of drug-likeness (QED) is 0.743. The molecule has 0 saturated carbocycles. The van der Waals surface area contributed by atoms with Gasteiger partial charge < -0.3 is 15.3 Å². The zero-order valence-electron chi connectivity index (χ0n) is 15.5. The molecule has 140 valence electrons. The van der Waals surface area contributed by atoms with E-state index >= 15 is 0 Å². The van der Waals surface area contributed by atoms with Gasteiger partial charge in [-0.25, -0.2) is 0 Å². The number of aromatic nitrogens is 4. The van der Waals surface area contributed by atoms with Crippen LogP contribution >= 0.6 is 0 Å². The minimum absolute atomic E-state index is 0.338. The van der Waals surface area contributed by atoms with Gasteiger partial charge in [0.05, 0.1) is 11.7 Å². The van der Waals surface area contributed by atoms with Gasteiger partial charge >= 0.3 is 0 Å². The molecule has 3 heterocycles. The molecule has 1 fully saturated rings. The van der Waals surface area contributed by atoms with Gasteiger partial charge in [0, 0.05) is 18.2 Å². The van der Waals surface area contributed by atoms with E-state index < -0.39 is 0 Å². The molecule has 2 aliphatic rings. The lowest BCUT2D eigenvalue weighted by atomic mass is 10.0. The Labute approximate surface area is 158 Å². The lowest BCUT2D eigenvalue weighted by Crippen LogP contribution is -2.40. The molecule has 1 atom stereocenters. The van der Waals surface area contributed by atoms with Gasteiger partial charge in [0.25, 0.3) is 0 Å². The second-order valence-electron chi connectivity index (χ2n) is 7.70. The fraction of sp³-hybridized carbons (Fsp3) is 0.450. The van der Waals surface area contributed by atoms with Gasteiger partial charge in [0.15, 0.2) is 0 Å². The van der Waals surface area contributed by atoms with E-state index in [1.165, 1.54) is 12.0 Å². The number of nitrogens with one attached hydrogen (secondary N) is 1. The summed E-state index contributed by atoms with van der Waals surface area (Å²) in [5.41, 5.74) is 4.56. The van der Waals surface area contributed by atoms with E-state index in [1.807, 2.05) is 12.1 Å². The van der Waals surface area contributed by atoms with Crippen molar-refractivity contribution in [1.29, 1.82) is 0 Å². The van der Waals surface area contributed by atoms with Crippen LogP contribution in [-0.4, -0.2) is 56.0 Å². The third-order valence-electron chi connectivity index (χ3n) is 5.80. The third kappa shape index (κ3) is 2.82. The molecule has 0 unspecified atom stereocenters. The van der Waals surface area contributed by atoms with E-state index in [4.69, 9.17) is 0 Å². The van der Waals surface area contributed by atoms with E-state index in [-0.39, 0.29) is 0 Å². The lowest BCUT2D eigenvalue weighted by molar-refractivity contribution is 0.260. The number of piperidine rings is 1. The van der Waals surface area contributed by atoms with Gasteiger partial charge in [0.2, 0.25) is 5.95 Å². The summed E-state index contributed by atoms with van der Waals surface area (Å²) in [5.74, 6) is 0.997. The lowest BCUT2D eigenvalue weighted by Gasteiger charge is -2.30. The van der Waals surface area contributed by atoms with Crippen molar-refractivity contribution in [1.82, 2.24) is 24.7 Å². The fourth-order valence-corrected chi connectivity index (χ4v) is 4.43. The van der Waals surface area contributed by atoms with Crippen LogP contribution in [0.3, 0.4) is 0 Å². The van der Waals surface area contributed by atoms with E-state index in [2.05, 4.69) is 38.6 Å². The SMILES string of the molecule is CN1CCC[C@@H](Nc2nnc(-c3ccc4c(c3O)CCC4)c3ccnn23)C1. The highest BCUT2D eigenvalue weighted by Crippen LogP contribution is 2.39. The molecule has 27 heavy (non-hydrogen) atoms. The van der Waals surface area contributed by atoms with Crippen LogP contribution in [0.1, 0.15) is 30.4 Å². The summed E-state index contributed by atoms with van der Waals surface area (Å²) in [6.07, 6.45) is 7.10. The fourth-order valence-electron chi connectivity index (χ4n) is 4.43. The first-order valence-electron chi connectivity index (χ1n) is 9.70. The summed E-state index contributed by atoms with van der Waals surface area (Å²) >= 11 is 0. The maximum atomic E-state index is 10.8. The molecule has 1 aliphatic heterocycles. The summed E-state index contributed by atoms with van der Waals surface area (Å²) in [6, 6.07) is 6.33. The number of hydrogen-bond donors (Lipinski definition) is 2. The van der Waals surface area contributed by atoms with Crippen LogP contribution in [0.4, 0.5) is 5.95 Å². The summed E-state index contributed by atoms with van der Waals surface area (Å²) in [5, 5.41) is 27.6. The van der Waals surface area contributed by atoms with E-state index in [1.54, 1.807) is 10.7 Å². The van der Waals surface area contributed by atoms with Crippen LogP contribution in [0, 0.1) is 0 Å². The second-order valence-corrected chi connectivity index (χ2v) is 7.70. The molecule has 2 aromatic heterocycles. The molecule has 1 aromatic carbocycles. The van der Waals surface area contributed by atoms with Crippen molar-refractivity contribution in [3.63, 3.8) is 0 Å². The van der Waals surface area contributed by atoms with Crippen molar-refractivity contribution in [3.8, 4) is 17.0 Å². The minimum atomic E-state index is 0.338. The van der Waals surface area contributed by atoms with Gasteiger partial charge in [-0.3, -0.25) is 0 Å². The number of fused-ring (bicyclic) bond motifs is 2. The Hall–Kier alpha value is -2.67. The van der Waals surface area contributed by atoms with Crippen LogP contribution in [0.25, 0.3) is 16.8 Å². The number of nitrogens with zero attached hydrogens (tertiary/aromatic N) is 5. The van der Waals surface area contributed by atoms with Crippen LogP contribution < -0.4 is 5.32 Å². The minimum Gasteiger partial charge on any atom is -0.507 e. The maximum Gasteiger partial charge on any atom is 0.244 e. The highest BCUT2D eigenvalue weighted by molar-refractivity contribution is 5.82. The number of anilines is 1. The van der Waals surface area contributed by atoms with Crippen LogP contribution in [0.15, 0.2) is 24.4 Å². The summed E-state index contributed by atoms with van der Waals surface area (Å²) in [4.78, 5) is 2.33. The van der Waals surface area contributed by atoms with Crippen molar-refractivity contribution < 1.29 is 5.11 Å². The highest BCUT2D eigenvalue weighted by atomic mass is 16.3. The largest absolute Gasteiger partial charge is 0.507 e. The van der Waals surface area contributed by atoms with Crippen LogP contribution in [-0.2, 0) is 12.8 Å². The Morgan fingerprint density at radius 2 is 2.07 bits per heavy atom. The molecule has 0 spiro atoms. The summed E-state index contributed by atoms with van der Waals surface area (Å²) in [7, 11) is 2.14. The number of aryl methyl sites for hydroxylation is 1. The Balaban J connectivity index is 1.54. The number of rotatable bonds is 3. The molecular formula is C20H24N6O. The molecule has 7 heteroatoms. The monoisotopic (exact) mass is 364 g/mol. The molecular weight excluding hydrogens is 340 g/mol. The summed E-state index contributed by atoms with van der Waals surface area (Å²) in [6.45, 7) is 2.12. The molecule has 7 nitrogen and oxygen atoms in total. The van der Waals surface area contributed by atoms with Crippen LogP contribution in [0.5, 0.6) is 5.75 Å². The molecule has 1 saturated heterocycles. The number of aromatic hydroxyl groups is 1. The van der Waals surface area contributed by atoms with Gasteiger partial charge in [-0.15, -0.1) is 10.2 Å². The normalized spacial score (nSPS) is 20.1. The predicted octanol–water partition coefficient (Wildman–Crippen LogP) is 2.49. The first kappa shape index (κ1) is 16.5. The second kappa shape index (κ2) is 6.49. The number of hydrogen-bond acceptors (Lipinski definition) is 6. The van der Waals surface area contributed by atoms with E-state index in [9.17, 15) is 5.11 Å².